The van der Waals surface area contributed by atoms with Crippen LogP contribution in [0.25, 0.3) is 0 Å². The molecule has 0 bridgehead atoms. The second-order valence-corrected chi connectivity index (χ2v) is 18.4. The molecule has 62 heavy (non-hydrogen) atoms. The molecule has 0 radical (unpaired) electrons. The Kier molecular flexibility index (Phi) is 17.0. The van der Waals surface area contributed by atoms with E-state index in [0.717, 1.165) is 60.9 Å². The molecule has 2 unspecified atom stereocenters. The first-order valence-electron chi connectivity index (χ1n) is 21.7. The lowest BCUT2D eigenvalue weighted by Gasteiger charge is -2.32. The van der Waals surface area contributed by atoms with Crippen LogP contribution in [0.4, 0.5) is 13.2 Å². The lowest BCUT2D eigenvalue weighted by atomic mass is 9.85. The Morgan fingerprint density at radius 1 is 0.726 bits per heavy atom. The molecule has 0 aromatic heterocycles. The second-order valence-electron chi connectivity index (χ2n) is 16.4. The minimum Gasteiger partial charge on any atom is -0.489 e. The van der Waals surface area contributed by atoms with Gasteiger partial charge in [0.2, 0.25) is 10.0 Å². The summed E-state index contributed by atoms with van der Waals surface area (Å²) in [5.74, 6) is 0.266. The summed E-state index contributed by atoms with van der Waals surface area (Å²) >= 11 is 0. The molecule has 1 saturated heterocycles. The zero-order chi connectivity index (χ0) is 44.0. The number of rotatable bonds is 20. The summed E-state index contributed by atoms with van der Waals surface area (Å²) in [7, 11) is -3.68. The first kappa shape index (κ1) is 46.7. The molecule has 2 aliphatic rings. The van der Waals surface area contributed by atoms with E-state index < -0.39 is 45.8 Å². The molecule has 2 fully saturated rings. The highest BCUT2D eigenvalue weighted by Crippen LogP contribution is 2.30. The molecule has 2 atom stereocenters. The van der Waals surface area contributed by atoms with E-state index in [0.29, 0.717) is 49.5 Å². The van der Waals surface area contributed by atoms with E-state index >= 15 is 0 Å². The number of piperidine rings is 1. The number of benzene rings is 4. The van der Waals surface area contributed by atoms with Gasteiger partial charge in [0, 0.05) is 25.7 Å². The van der Waals surface area contributed by atoms with Gasteiger partial charge in [0.15, 0.2) is 12.2 Å². The zero-order valence-electron chi connectivity index (χ0n) is 35.3. The summed E-state index contributed by atoms with van der Waals surface area (Å²) < 4.78 is 73.7. The first-order valence-corrected chi connectivity index (χ1v) is 23.2. The Morgan fingerprint density at radius 2 is 1.34 bits per heavy atom. The van der Waals surface area contributed by atoms with Gasteiger partial charge in [-0.05, 0) is 111 Å². The number of amides is 2. The van der Waals surface area contributed by atoms with Gasteiger partial charge in [-0.2, -0.15) is 17.5 Å². The summed E-state index contributed by atoms with van der Waals surface area (Å²) in [5.41, 5.74) is 2.80. The number of halogens is 3. The van der Waals surface area contributed by atoms with E-state index in [1.807, 2.05) is 61.5 Å². The normalized spacial score (nSPS) is 16.6. The van der Waals surface area contributed by atoms with Crippen molar-refractivity contribution in [3.63, 3.8) is 0 Å². The van der Waals surface area contributed by atoms with Crippen molar-refractivity contribution in [2.24, 2.45) is 5.92 Å². The topological polar surface area (TPSA) is 123 Å². The van der Waals surface area contributed by atoms with Crippen molar-refractivity contribution >= 4 is 21.8 Å². The molecule has 1 saturated carbocycles. The summed E-state index contributed by atoms with van der Waals surface area (Å²) in [6.07, 6.45) is 1.57. The maximum Gasteiger partial charge on any atom is 0.416 e. The number of ether oxygens (including phenoxy) is 1. The number of carbonyl (C=O) groups excluding carboxylic acids is 2. The highest BCUT2D eigenvalue weighted by Gasteiger charge is 2.33. The van der Waals surface area contributed by atoms with Gasteiger partial charge in [0.1, 0.15) is 12.4 Å². The van der Waals surface area contributed by atoms with Gasteiger partial charge in [0.25, 0.3) is 11.8 Å². The van der Waals surface area contributed by atoms with E-state index in [1.54, 1.807) is 24.3 Å². The maximum absolute atomic E-state index is 13.9. The number of hydrogen-bond acceptors (Lipinski definition) is 7. The van der Waals surface area contributed by atoms with Gasteiger partial charge >= 0.3 is 6.18 Å². The molecule has 2 amide bonds. The molecule has 1 heterocycles. The monoisotopic (exact) mass is 877 g/mol. The van der Waals surface area contributed by atoms with Gasteiger partial charge in [-0.3, -0.25) is 9.59 Å². The number of hydrogen-bond donors (Lipinski definition) is 2. The Bertz CT molecular complexity index is 2110. The van der Waals surface area contributed by atoms with Crippen molar-refractivity contribution in [3.05, 3.63) is 131 Å². The van der Waals surface area contributed by atoms with Crippen LogP contribution < -0.4 is 15.4 Å². The van der Waals surface area contributed by atoms with Gasteiger partial charge in [-0.1, -0.05) is 104 Å². The Labute approximate surface area is 363 Å². The number of sulfonamides is 1. The first-order chi connectivity index (χ1) is 29.8. The van der Waals surface area contributed by atoms with Crippen LogP contribution in [0.15, 0.2) is 108 Å². The fourth-order valence-corrected chi connectivity index (χ4v) is 9.40. The number of nitrogens with one attached hydrogen (secondary N) is 2. The van der Waals surface area contributed by atoms with Crippen molar-refractivity contribution in [2.75, 3.05) is 19.6 Å². The molecular formula is C48H58F3N3O7S. The summed E-state index contributed by atoms with van der Waals surface area (Å²) in [4.78, 5) is 39.6. The molecule has 4 aromatic rings. The van der Waals surface area contributed by atoms with Crippen molar-refractivity contribution < 1.29 is 45.7 Å². The fraction of sp³-hybridized carbons (Fsp3) is 0.458. The van der Waals surface area contributed by atoms with E-state index in [1.165, 1.54) is 22.9 Å². The molecule has 1 aliphatic heterocycles. The standard InChI is InChI=1S/C48H58F3N3O7S/c1-35-12-24-43(25-13-35)62(57,58)54-32-29-41(30-33-54)53-47(56)45(27-18-36-8-4-2-5-9-36)61-60-44(26-19-37-14-20-40(21-15-37)48(49,50)51)46(55)52-31-28-38-16-22-42(23-17-38)59-34-39-10-6-3-7-11-39/h3,6-7,10-17,20-25,36,41,44-45H,2,4-5,8-9,18-19,26-34H2,1H3,(H,52,55)(H,53,56). The molecular weight excluding hydrogens is 820 g/mol. The predicted octanol–water partition coefficient (Wildman–Crippen LogP) is 8.90. The third-order valence-corrected chi connectivity index (χ3v) is 13.7. The highest BCUT2D eigenvalue weighted by atomic mass is 32.2. The largest absolute Gasteiger partial charge is 0.489 e. The molecule has 10 nitrogen and oxygen atoms in total. The van der Waals surface area contributed by atoms with E-state index in [4.69, 9.17) is 14.5 Å². The number of alkyl halides is 3. The summed E-state index contributed by atoms with van der Waals surface area (Å²) in [6.45, 7) is 3.09. The molecule has 14 heteroatoms. The highest BCUT2D eigenvalue weighted by molar-refractivity contribution is 7.89. The lowest BCUT2D eigenvalue weighted by molar-refractivity contribution is -0.338. The molecule has 334 valence electrons. The van der Waals surface area contributed by atoms with Gasteiger partial charge in [-0.25, -0.2) is 18.2 Å². The van der Waals surface area contributed by atoms with E-state index in [2.05, 4.69) is 10.6 Å². The van der Waals surface area contributed by atoms with Crippen molar-refractivity contribution in [3.8, 4) is 5.75 Å². The Hall–Kier alpha value is -4.76. The van der Waals surface area contributed by atoms with E-state index in [9.17, 15) is 31.2 Å². The lowest BCUT2D eigenvalue weighted by Crippen LogP contribution is -2.49. The zero-order valence-corrected chi connectivity index (χ0v) is 36.1. The molecule has 6 rings (SSSR count). The predicted molar refractivity (Wildman–Crippen MR) is 230 cm³/mol. The Morgan fingerprint density at radius 3 is 1.98 bits per heavy atom. The maximum atomic E-state index is 13.9. The number of nitrogens with zero attached hydrogens (tertiary/aromatic N) is 1. The van der Waals surface area contributed by atoms with Crippen LogP contribution in [0.5, 0.6) is 5.75 Å². The van der Waals surface area contributed by atoms with Gasteiger partial charge < -0.3 is 15.4 Å². The molecule has 4 aromatic carbocycles. The van der Waals surface area contributed by atoms with Crippen LogP contribution in [0.3, 0.4) is 0 Å². The third-order valence-electron chi connectivity index (χ3n) is 11.8. The number of aryl methyl sites for hydroxylation is 2. The van der Waals surface area contributed by atoms with E-state index in [-0.39, 0.29) is 43.4 Å². The summed E-state index contributed by atoms with van der Waals surface area (Å²) in [6, 6.07) is 28.7. The Balaban J connectivity index is 1.07. The minimum absolute atomic E-state index is 0.0789. The fourth-order valence-electron chi connectivity index (χ4n) is 7.93. The van der Waals surface area contributed by atoms with Crippen LogP contribution >= 0.6 is 0 Å². The summed E-state index contributed by atoms with van der Waals surface area (Å²) in [5, 5.41) is 5.97. The third kappa shape index (κ3) is 14.1. The number of carbonyl (C=O) groups is 2. The molecule has 1 aliphatic carbocycles. The van der Waals surface area contributed by atoms with Crippen LogP contribution in [0.2, 0.25) is 0 Å². The second kappa shape index (κ2) is 22.5. The molecule has 0 spiro atoms. The quantitative estimate of drug-likeness (QED) is 0.0672. The SMILES string of the molecule is Cc1ccc(S(=O)(=O)N2CCC(NC(=O)C(CCC3CCCCC3)OOC(CCc3ccc(C(F)(F)F)cc3)C(=O)NCCc3ccc(OCc4ccccc4)cc3)CC2)cc1. The van der Waals surface area contributed by atoms with Gasteiger partial charge in [-0.15, -0.1) is 0 Å². The van der Waals surface area contributed by atoms with Gasteiger partial charge in [0.05, 0.1) is 10.5 Å². The van der Waals surface area contributed by atoms with Crippen LogP contribution in [-0.2, 0) is 55.0 Å². The average molecular weight is 878 g/mol. The van der Waals surface area contributed by atoms with Crippen LogP contribution in [0, 0.1) is 12.8 Å². The van der Waals surface area contributed by atoms with Crippen molar-refractivity contribution in [1.29, 1.82) is 0 Å². The van der Waals surface area contributed by atoms with Crippen molar-refractivity contribution in [2.45, 2.75) is 120 Å². The minimum atomic E-state index is -4.48. The smallest absolute Gasteiger partial charge is 0.416 e. The van der Waals surface area contributed by atoms with Crippen molar-refractivity contribution in [1.82, 2.24) is 14.9 Å². The van der Waals surface area contributed by atoms with Crippen LogP contribution in [-0.4, -0.2) is 62.4 Å². The average Bonchev–Trinajstić information content (AvgIpc) is 3.28. The molecule has 2 N–H and O–H groups in total. The van der Waals surface area contributed by atoms with Crippen LogP contribution in [0.1, 0.15) is 92.0 Å².